The van der Waals surface area contributed by atoms with Crippen LogP contribution >= 0.6 is 11.6 Å². The molecule has 9 nitrogen and oxygen atoms in total. The molecule has 0 unspecified atom stereocenters. The molecular weight excluding hydrogens is 499 g/mol. The third-order valence-corrected chi connectivity index (χ3v) is 7.16. The first-order valence-corrected chi connectivity index (χ1v) is 12.1. The second-order valence-electron chi connectivity index (χ2n) is 10.0. The van der Waals surface area contributed by atoms with Crippen molar-refractivity contribution in [3.63, 3.8) is 0 Å². The van der Waals surface area contributed by atoms with E-state index < -0.39 is 17.9 Å². The van der Waals surface area contributed by atoms with E-state index in [0.29, 0.717) is 22.6 Å². The summed E-state index contributed by atoms with van der Waals surface area (Å²) in [5, 5.41) is 26.6. The van der Waals surface area contributed by atoms with Gasteiger partial charge >= 0.3 is 6.18 Å². The van der Waals surface area contributed by atoms with Crippen LogP contribution in [0.15, 0.2) is 24.4 Å². The molecule has 1 aliphatic heterocycles. The highest BCUT2D eigenvalue weighted by molar-refractivity contribution is 6.29. The van der Waals surface area contributed by atoms with Gasteiger partial charge < -0.3 is 20.1 Å². The standard InChI is InChI=1S/C23H27ClF3N7O2/c1-12(23(25,26)27)36-18-7-6-16(22(2,3)35)20-30-21(32-34(18)20)29-19-13-4-5-14(19)11-33(10-13)15-8-17(24)31-28-9-15/h6-9,12-14,19,35H,4-5,10-11H2,1-3H3,(H,29,32)/t12-,13-,14+,19-/m0/s1. The van der Waals surface area contributed by atoms with E-state index in [0.717, 1.165) is 38.5 Å². The second-order valence-corrected chi connectivity index (χ2v) is 10.4. The Morgan fingerprint density at radius 3 is 2.50 bits per heavy atom. The lowest BCUT2D eigenvalue weighted by Gasteiger charge is -2.39. The molecule has 3 aromatic heterocycles. The molecule has 0 aromatic carbocycles. The summed E-state index contributed by atoms with van der Waals surface area (Å²) >= 11 is 6.02. The van der Waals surface area contributed by atoms with Gasteiger partial charge in [0.15, 0.2) is 16.9 Å². The molecule has 0 spiro atoms. The predicted octanol–water partition coefficient (Wildman–Crippen LogP) is 4.06. The molecular formula is C23H27ClF3N7O2. The van der Waals surface area contributed by atoms with Gasteiger partial charge in [0.25, 0.3) is 0 Å². The maximum absolute atomic E-state index is 13.1. The molecule has 0 radical (unpaired) electrons. The number of anilines is 2. The van der Waals surface area contributed by atoms with Crippen molar-refractivity contribution in [3.05, 3.63) is 35.1 Å². The Hall–Kier alpha value is -2.86. The van der Waals surface area contributed by atoms with Crippen molar-refractivity contribution in [3.8, 4) is 5.88 Å². The number of hydrogen-bond donors (Lipinski definition) is 2. The van der Waals surface area contributed by atoms with Crippen LogP contribution in [0.25, 0.3) is 5.65 Å². The van der Waals surface area contributed by atoms with E-state index in [2.05, 4.69) is 30.5 Å². The lowest BCUT2D eigenvalue weighted by Crippen LogP contribution is -2.48. The summed E-state index contributed by atoms with van der Waals surface area (Å²) < 4.78 is 45.8. The van der Waals surface area contributed by atoms with Crippen LogP contribution in [-0.2, 0) is 5.60 Å². The summed E-state index contributed by atoms with van der Waals surface area (Å²) in [6.45, 7) is 5.67. The second kappa shape index (κ2) is 8.91. The molecule has 13 heteroatoms. The SMILES string of the molecule is C[C@H](Oc1ccc(C(C)(C)O)c2nc(N[C@@H]3[C@@H]4CC[C@H]3CN(c3cnnc(Cl)c3)C4)nn12)C(F)(F)F. The number of halogens is 4. The van der Waals surface area contributed by atoms with Gasteiger partial charge in [-0.25, -0.2) is 0 Å². The van der Waals surface area contributed by atoms with Crippen LogP contribution in [-0.4, -0.2) is 61.3 Å². The third-order valence-electron chi connectivity index (χ3n) is 6.97. The van der Waals surface area contributed by atoms with Crippen molar-refractivity contribution in [2.24, 2.45) is 11.8 Å². The largest absolute Gasteiger partial charge is 0.465 e. The normalized spacial score (nSPS) is 23.2. The smallest absolute Gasteiger partial charge is 0.425 e. The van der Waals surface area contributed by atoms with Crippen LogP contribution < -0.4 is 15.0 Å². The highest BCUT2D eigenvalue weighted by Gasteiger charge is 2.43. The van der Waals surface area contributed by atoms with Crippen molar-refractivity contribution in [1.82, 2.24) is 24.8 Å². The molecule has 4 atom stereocenters. The molecule has 5 rings (SSSR count). The van der Waals surface area contributed by atoms with Crippen molar-refractivity contribution >= 4 is 28.9 Å². The summed E-state index contributed by atoms with van der Waals surface area (Å²) in [7, 11) is 0. The maximum atomic E-state index is 13.1. The molecule has 1 aliphatic carbocycles. The molecule has 1 saturated carbocycles. The minimum Gasteiger partial charge on any atom is -0.465 e. The molecule has 1 saturated heterocycles. The van der Waals surface area contributed by atoms with E-state index in [-0.39, 0.29) is 23.5 Å². The van der Waals surface area contributed by atoms with Crippen LogP contribution in [0, 0.1) is 11.8 Å². The Kier molecular flexibility index (Phi) is 6.14. The van der Waals surface area contributed by atoms with Gasteiger partial charge in [0.1, 0.15) is 0 Å². The fourth-order valence-corrected chi connectivity index (χ4v) is 5.29. The number of rotatable bonds is 6. The van der Waals surface area contributed by atoms with Crippen LogP contribution in [0.3, 0.4) is 0 Å². The minimum atomic E-state index is -4.54. The number of alkyl halides is 3. The Morgan fingerprint density at radius 1 is 1.19 bits per heavy atom. The van der Waals surface area contributed by atoms with Crippen LogP contribution in [0.4, 0.5) is 24.8 Å². The number of aromatic nitrogens is 5. The molecule has 2 fully saturated rings. The summed E-state index contributed by atoms with van der Waals surface area (Å²) in [4.78, 5) is 6.80. The van der Waals surface area contributed by atoms with E-state index in [1.54, 1.807) is 26.1 Å². The maximum Gasteiger partial charge on any atom is 0.425 e. The summed E-state index contributed by atoms with van der Waals surface area (Å²) in [6.07, 6.45) is -2.84. The Balaban J connectivity index is 1.42. The first-order valence-electron chi connectivity index (χ1n) is 11.8. The number of hydrogen-bond acceptors (Lipinski definition) is 8. The summed E-state index contributed by atoms with van der Waals surface area (Å²) in [5.74, 6) is 0.775. The van der Waals surface area contributed by atoms with Gasteiger partial charge in [-0.15, -0.1) is 10.2 Å². The highest BCUT2D eigenvalue weighted by Crippen LogP contribution is 2.40. The number of fused-ring (bicyclic) bond motifs is 3. The Labute approximate surface area is 210 Å². The molecule has 0 amide bonds. The molecule has 2 bridgehead atoms. The Morgan fingerprint density at radius 2 is 1.89 bits per heavy atom. The van der Waals surface area contributed by atoms with Crippen molar-refractivity contribution < 1.29 is 23.0 Å². The molecule has 2 N–H and O–H groups in total. The molecule has 194 valence electrons. The number of pyridine rings is 1. The van der Waals surface area contributed by atoms with Gasteiger partial charge in [-0.05, 0) is 51.5 Å². The predicted molar refractivity (Wildman–Crippen MR) is 127 cm³/mol. The minimum absolute atomic E-state index is 0.0907. The number of nitrogens with one attached hydrogen (secondary N) is 1. The van der Waals surface area contributed by atoms with Crippen molar-refractivity contribution in [1.29, 1.82) is 0 Å². The zero-order valence-corrected chi connectivity index (χ0v) is 20.8. The fraction of sp³-hybridized carbons (Fsp3) is 0.565. The molecule has 36 heavy (non-hydrogen) atoms. The number of aliphatic hydroxyl groups is 1. The number of nitrogens with zero attached hydrogens (tertiary/aromatic N) is 6. The first-order chi connectivity index (χ1) is 16.9. The van der Waals surface area contributed by atoms with E-state index >= 15 is 0 Å². The van der Waals surface area contributed by atoms with Gasteiger partial charge in [-0.1, -0.05) is 11.6 Å². The zero-order chi connectivity index (χ0) is 25.8. The average molecular weight is 526 g/mol. The van der Waals surface area contributed by atoms with Gasteiger partial charge in [-0.2, -0.15) is 27.8 Å². The quantitative estimate of drug-likeness (QED) is 0.497. The topological polar surface area (TPSA) is 101 Å². The van der Waals surface area contributed by atoms with Gasteiger partial charge in [0.05, 0.1) is 17.5 Å². The van der Waals surface area contributed by atoms with E-state index in [1.807, 2.05) is 0 Å². The monoisotopic (exact) mass is 525 g/mol. The summed E-state index contributed by atoms with van der Waals surface area (Å²) in [5.41, 5.74) is 0.296. The molecule has 3 aromatic rings. The van der Waals surface area contributed by atoms with Crippen LogP contribution in [0.1, 0.15) is 39.2 Å². The lowest BCUT2D eigenvalue weighted by molar-refractivity contribution is -0.190. The van der Waals surface area contributed by atoms with E-state index in [1.165, 1.54) is 16.6 Å². The molecule has 4 heterocycles. The Bertz CT molecular complexity index is 1250. The van der Waals surface area contributed by atoms with Gasteiger partial charge in [0, 0.05) is 36.8 Å². The highest BCUT2D eigenvalue weighted by atomic mass is 35.5. The fourth-order valence-electron chi connectivity index (χ4n) is 5.14. The van der Waals surface area contributed by atoms with Crippen molar-refractivity contribution in [2.75, 3.05) is 23.3 Å². The van der Waals surface area contributed by atoms with E-state index in [9.17, 15) is 18.3 Å². The van der Waals surface area contributed by atoms with E-state index in [4.69, 9.17) is 16.3 Å². The van der Waals surface area contributed by atoms with Gasteiger partial charge in [0.2, 0.25) is 11.8 Å². The zero-order valence-electron chi connectivity index (χ0n) is 20.0. The summed E-state index contributed by atoms with van der Waals surface area (Å²) in [6, 6.07) is 4.78. The lowest BCUT2D eigenvalue weighted by atomic mass is 9.92. The number of piperidine rings is 1. The first kappa shape index (κ1) is 24.8. The number of ether oxygens (including phenoxy) is 1. The van der Waals surface area contributed by atoms with Crippen LogP contribution in [0.2, 0.25) is 5.15 Å². The average Bonchev–Trinajstić information content (AvgIpc) is 3.29. The van der Waals surface area contributed by atoms with Gasteiger partial charge in [-0.3, -0.25) is 0 Å². The van der Waals surface area contributed by atoms with Crippen LogP contribution in [0.5, 0.6) is 5.88 Å². The third kappa shape index (κ3) is 4.75. The van der Waals surface area contributed by atoms with Crippen molar-refractivity contribution in [2.45, 2.75) is 57.5 Å². The molecule has 2 aliphatic rings.